The Kier molecular flexibility index (Phi) is 8.34. The van der Waals surface area contributed by atoms with Crippen molar-refractivity contribution in [3.63, 3.8) is 0 Å². The molecular weight excluding hydrogens is 448 g/mol. The second kappa shape index (κ2) is 11.2. The number of carbonyl (C=O) groups excluding carboxylic acids is 1. The standard InChI is InChI=1S/C27H32N2O4S/c1-20(2)25-10-5-6-11-26(25)33-17-16-28-27(30)19-29(23-9-7-8-22(4)18-23)34(31,32)24-14-12-21(3)13-15-24/h5-15,18,20H,16-17,19H2,1-4H3,(H,28,30). The molecule has 0 bridgehead atoms. The van der Waals surface area contributed by atoms with Gasteiger partial charge in [-0.3, -0.25) is 9.10 Å². The molecule has 0 heterocycles. The van der Waals surface area contributed by atoms with E-state index in [9.17, 15) is 13.2 Å². The van der Waals surface area contributed by atoms with E-state index in [1.807, 2.05) is 44.2 Å². The third-order valence-electron chi connectivity index (χ3n) is 5.41. The Hall–Kier alpha value is -3.32. The zero-order valence-corrected chi connectivity index (χ0v) is 20.9. The molecule has 0 fully saturated rings. The summed E-state index contributed by atoms with van der Waals surface area (Å²) >= 11 is 0. The third-order valence-corrected chi connectivity index (χ3v) is 7.20. The van der Waals surface area contributed by atoms with E-state index in [2.05, 4.69) is 19.2 Å². The Morgan fingerprint density at radius 1 is 0.941 bits per heavy atom. The van der Waals surface area contributed by atoms with Crippen LogP contribution in [0.15, 0.2) is 77.7 Å². The van der Waals surface area contributed by atoms with Gasteiger partial charge in [0.1, 0.15) is 18.9 Å². The first-order valence-corrected chi connectivity index (χ1v) is 12.8. The van der Waals surface area contributed by atoms with Crippen molar-refractivity contribution in [3.05, 3.63) is 89.5 Å². The molecule has 3 aromatic rings. The van der Waals surface area contributed by atoms with Gasteiger partial charge in [-0.15, -0.1) is 0 Å². The molecule has 1 N–H and O–H groups in total. The van der Waals surface area contributed by atoms with Gasteiger partial charge < -0.3 is 10.1 Å². The maximum Gasteiger partial charge on any atom is 0.264 e. The van der Waals surface area contributed by atoms with Crippen molar-refractivity contribution >= 4 is 21.6 Å². The van der Waals surface area contributed by atoms with Crippen molar-refractivity contribution in [2.24, 2.45) is 0 Å². The lowest BCUT2D eigenvalue weighted by Gasteiger charge is -2.24. The van der Waals surface area contributed by atoms with E-state index in [1.165, 1.54) is 0 Å². The molecule has 0 aliphatic carbocycles. The predicted molar refractivity (Wildman–Crippen MR) is 136 cm³/mol. The average molecular weight is 481 g/mol. The van der Waals surface area contributed by atoms with Gasteiger partial charge in [-0.25, -0.2) is 8.42 Å². The van der Waals surface area contributed by atoms with Crippen LogP contribution in [0.1, 0.15) is 36.5 Å². The summed E-state index contributed by atoms with van der Waals surface area (Å²) in [5.41, 5.74) is 3.40. The van der Waals surface area contributed by atoms with Crippen LogP contribution in [0.3, 0.4) is 0 Å². The van der Waals surface area contributed by atoms with Crippen LogP contribution in [0.4, 0.5) is 5.69 Å². The fourth-order valence-corrected chi connectivity index (χ4v) is 4.98. The van der Waals surface area contributed by atoms with E-state index in [1.54, 1.807) is 42.5 Å². The van der Waals surface area contributed by atoms with E-state index in [4.69, 9.17) is 4.74 Å². The summed E-state index contributed by atoms with van der Waals surface area (Å²) in [4.78, 5) is 12.9. The lowest BCUT2D eigenvalue weighted by Crippen LogP contribution is -2.42. The molecule has 6 nitrogen and oxygen atoms in total. The highest BCUT2D eigenvalue weighted by Gasteiger charge is 2.27. The van der Waals surface area contributed by atoms with Crippen LogP contribution in [-0.4, -0.2) is 34.0 Å². The second-order valence-corrected chi connectivity index (χ2v) is 10.4. The molecule has 7 heteroatoms. The Balaban J connectivity index is 1.70. The van der Waals surface area contributed by atoms with Crippen LogP contribution in [0.2, 0.25) is 0 Å². The Morgan fingerprint density at radius 3 is 2.32 bits per heavy atom. The van der Waals surface area contributed by atoms with E-state index in [0.29, 0.717) is 11.6 Å². The minimum Gasteiger partial charge on any atom is -0.491 e. The third kappa shape index (κ3) is 6.38. The second-order valence-electron chi connectivity index (χ2n) is 8.55. The number of nitrogens with zero attached hydrogens (tertiary/aromatic N) is 1. The molecule has 0 aliphatic heterocycles. The quantitative estimate of drug-likeness (QED) is 0.422. The number of nitrogens with one attached hydrogen (secondary N) is 1. The molecule has 34 heavy (non-hydrogen) atoms. The van der Waals surface area contributed by atoms with E-state index in [-0.39, 0.29) is 24.6 Å². The summed E-state index contributed by atoms with van der Waals surface area (Å²) in [7, 11) is -3.93. The number of para-hydroxylation sites is 1. The molecule has 0 aromatic heterocycles. The highest BCUT2D eigenvalue weighted by atomic mass is 32.2. The number of hydrogen-bond donors (Lipinski definition) is 1. The van der Waals surface area contributed by atoms with Crippen molar-refractivity contribution in [3.8, 4) is 5.75 Å². The molecule has 0 radical (unpaired) electrons. The highest BCUT2D eigenvalue weighted by Crippen LogP contribution is 2.26. The van der Waals surface area contributed by atoms with Crippen LogP contribution in [-0.2, 0) is 14.8 Å². The van der Waals surface area contributed by atoms with Crippen molar-refractivity contribution in [2.75, 3.05) is 24.0 Å². The summed E-state index contributed by atoms with van der Waals surface area (Å²) in [6.45, 7) is 8.18. The van der Waals surface area contributed by atoms with Gasteiger partial charge in [-0.2, -0.15) is 0 Å². The largest absolute Gasteiger partial charge is 0.491 e. The fraction of sp³-hybridized carbons (Fsp3) is 0.296. The van der Waals surface area contributed by atoms with Crippen molar-refractivity contribution in [1.82, 2.24) is 5.32 Å². The van der Waals surface area contributed by atoms with Gasteiger partial charge >= 0.3 is 0 Å². The molecule has 0 saturated heterocycles. The lowest BCUT2D eigenvalue weighted by molar-refractivity contribution is -0.119. The normalized spacial score (nSPS) is 11.3. The van der Waals surface area contributed by atoms with Gasteiger partial charge in [0, 0.05) is 0 Å². The minimum atomic E-state index is -3.93. The summed E-state index contributed by atoms with van der Waals surface area (Å²) in [5, 5.41) is 2.78. The van der Waals surface area contributed by atoms with Crippen molar-refractivity contribution in [2.45, 2.75) is 38.5 Å². The monoisotopic (exact) mass is 480 g/mol. The molecule has 0 atom stereocenters. The van der Waals surface area contributed by atoms with Crippen molar-refractivity contribution < 1.29 is 17.9 Å². The number of hydrogen-bond acceptors (Lipinski definition) is 4. The number of anilines is 1. The molecule has 3 rings (SSSR count). The van der Waals surface area contributed by atoms with Gasteiger partial charge in [0.05, 0.1) is 17.1 Å². The summed E-state index contributed by atoms with van der Waals surface area (Å²) in [5.74, 6) is 0.702. The minimum absolute atomic E-state index is 0.140. The first-order valence-electron chi connectivity index (χ1n) is 11.3. The molecule has 180 valence electrons. The summed E-state index contributed by atoms with van der Waals surface area (Å²) in [6, 6.07) is 21.5. The van der Waals surface area contributed by atoms with Gasteiger partial charge in [-0.05, 0) is 61.2 Å². The topological polar surface area (TPSA) is 75.7 Å². The Labute approximate surface area is 202 Å². The first kappa shape index (κ1) is 25.3. The van der Waals surface area contributed by atoms with Crippen LogP contribution in [0.5, 0.6) is 5.75 Å². The maximum absolute atomic E-state index is 13.4. The van der Waals surface area contributed by atoms with Crippen LogP contribution in [0.25, 0.3) is 0 Å². The summed E-state index contributed by atoms with van der Waals surface area (Å²) < 4.78 is 33.9. The summed E-state index contributed by atoms with van der Waals surface area (Å²) in [6.07, 6.45) is 0. The first-order chi connectivity index (χ1) is 16.2. The number of aryl methyl sites for hydroxylation is 2. The molecule has 0 saturated carbocycles. The fourth-order valence-electron chi connectivity index (χ4n) is 3.56. The van der Waals surface area contributed by atoms with Gasteiger partial charge in [0.15, 0.2) is 0 Å². The molecule has 0 aliphatic rings. The molecule has 0 spiro atoms. The molecular formula is C27H32N2O4S. The number of carbonyl (C=O) groups is 1. The number of benzene rings is 3. The smallest absolute Gasteiger partial charge is 0.264 e. The van der Waals surface area contributed by atoms with Gasteiger partial charge in [0.2, 0.25) is 5.91 Å². The van der Waals surface area contributed by atoms with Gasteiger partial charge in [0.25, 0.3) is 10.0 Å². The number of rotatable bonds is 10. The van der Waals surface area contributed by atoms with E-state index in [0.717, 1.165) is 26.7 Å². The highest BCUT2D eigenvalue weighted by molar-refractivity contribution is 7.92. The predicted octanol–water partition coefficient (Wildman–Crippen LogP) is 4.82. The zero-order valence-electron chi connectivity index (χ0n) is 20.1. The number of sulfonamides is 1. The van der Waals surface area contributed by atoms with Crippen LogP contribution < -0.4 is 14.4 Å². The number of ether oxygens (including phenoxy) is 1. The van der Waals surface area contributed by atoms with Crippen LogP contribution >= 0.6 is 0 Å². The molecule has 0 unspecified atom stereocenters. The maximum atomic E-state index is 13.4. The van der Waals surface area contributed by atoms with Crippen LogP contribution in [0, 0.1) is 13.8 Å². The van der Waals surface area contributed by atoms with E-state index < -0.39 is 15.9 Å². The van der Waals surface area contributed by atoms with E-state index >= 15 is 0 Å². The SMILES string of the molecule is Cc1ccc(S(=O)(=O)N(CC(=O)NCCOc2ccccc2C(C)C)c2cccc(C)c2)cc1. The average Bonchev–Trinajstić information content (AvgIpc) is 2.80. The van der Waals surface area contributed by atoms with Gasteiger partial charge in [-0.1, -0.05) is 61.9 Å². The number of amides is 1. The zero-order chi connectivity index (χ0) is 24.7. The molecule has 1 amide bonds. The van der Waals surface area contributed by atoms with Crippen molar-refractivity contribution in [1.29, 1.82) is 0 Å². The Bertz CT molecular complexity index is 1220. The molecule has 3 aromatic carbocycles. The Morgan fingerprint density at radius 2 is 1.65 bits per heavy atom. The lowest BCUT2D eigenvalue weighted by atomic mass is 10.0.